The molecular weight excluding hydrogens is 210 g/mol. The minimum Gasteiger partial charge on any atom is -0.454 e. The molecule has 0 radical (unpaired) electrons. The van der Waals surface area contributed by atoms with E-state index in [9.17, 15) is 4.79 Å². The summed E-state index contributed by atoms with van der Waals surface area (Å²) in [6, 6.07) is 5.41. The summed E-state index contributed by atoms with van der Waals surface area (Å²) in [5.74, 6) is 1.26. The van der Waals surface area contributed by atoms with Crippen LogP contribution in [-0.2, 0) is 11.2 Å². The largest absolute Gasteiger partial charge is 0.454 e. The van der Waals surface area contributed by atoms with Crippen molar-refractivity contribution in [1.82, 2.24) is 5.32 Å². The second-order valence-corrected chi connectivity index (χ2v) is 3.44. The molecule has 0 spiro atoms. The van der Waals surface area contributed by atoms with E-state index in [4.69, 9.17) is 14.6 Å². The van der Waals surface area contributed by atoms with Gasteiger partial charge in [0.05, 0.1) is 13.0 Å². The number of benzene rings is 1. The first-order chi connectivity index (χ1) is 7.79. The fraction of sp³-hybridized carbons (Fsp3) is 0.364. The summed E-state index contributed by atoms with van der Waals surface area (Å²) in [6.45, 7) is 0.464. The van der Waals surface area contributed by atoms with E-state index < -0.39 is 0 Å². The van der Waals surface area contributed by atoms with Gasteiger partial charge in [-0.25, -0.2) is 0 Å². The number of hydrogen-bond donors (Lipinski definition) is 2. The third-order valence-corrected chi connectivity index (χ3v) is 2.24. The Hall–Kier alpha value is -1.75. The maximum atomic E-state index is 11.4. The number of rotatable bonds is 4. The van der Waals surface area contributed by atoms with Crippen LogP contribution in [0, 0.1) is 0 Å². The molecule has 1 aromatic carbocycles. The van der Waals surface area contributed by atoms with Crippen LogP contribution in [-0.4, -0.2) is 31.0 Å². The minimum atomic E-state index is -0.118. The van der Waals surface area contributed by atoms with Crippen LogP contribution in [0.3, 0.4) is 0 Å². The molecule has 5 heteroatoms. The number of nitrogens with one attached hydrogen (secondary N) is 1. The van der Waals surface area contributed by atoms with Gasteiger partial charge in [0.1, 0.15) is 0 Å². The average Bonchev–Trinajstić information content (AvgIpc) is 2.73. The molecule has 0 fully saturated rings. The number of ether oxygens (including phenoxy) is 2. The zero-order chi connectivity index (χ0) is 11.4. The molecule has 0 aromatic heterocycles. The highest BCUT2D eigenvalue weighted by molar-refractivity contribution is 5.78. The molecule has 2 rings (SSSR count). The molecule has 1 heterocycles. The molecule has 2 N–H and O–H groups in total. The van der Waals surface area contributed by atoms with Crippen LogP contribution in [0.25, 0.3) is 0 Å². The summed E-state index contributed by atoms with van der Waals surface area (Å²) in [6.07, 6.45) is 0.274. The van der Waals surface area contributed by atoms with Crippen molar-refractivity contribution in [2.45, 2.75) is 6.42 Å². The third-order valence-electron chi connectivity index (χ3n) is 2.24. The first kappa shape index (κ1) is 10.8. The Labute approximate surface area is 93.0 Å². The van der Waals surface area contributed by atoms with Gasteiger partial charge >= 0.3 is 0 Å². The number of hydrogen-bond acceptors (Lipinski definition) is 4. The van der Waals surface area contributed by atoms with E-state index in [0.717, 1.165) is 5.56 Å². The van der Waals surface area contributed by atoms with E-state index >= 15 is 0 Å². The van der Waals surface area contributed by atoms with Crippen LogP contribution in [0.1, 0.15) is 5.56 Å². The number of fused-ring (bicyclic) bond motifs is 1. The van der Waals surface area contributed by atoms with Crippen molar-refractivity contribution in [1.29, 1.82) is 0 Å². The molecule has 1 aliphatic rings. The predicted octanol–water partition coefficient (Wildman–Crippen LogP) is 0.0663. The summed E-state index contributed by atoms with van der Waals surface area (Å²) >= 11 is 0. The van der Waals surface area contributed by atoms with Gasteiger partial charge < -0.3 is 19.9 Å². The van der Waals surface area contributed by atoms with E-state index in [0.29, 0.717) is 11.5 Å². The lowest BCUT2D eigenvalue weighted by Gasteiger charge is -2.04. The van der Waals surface area contributed by atoms with Crippen LogP contribution in [0.5, 0.6) is 11.5 Å². The van der Waals surface area contributed by atoms with Gasteiger partial charge in [0.2, 0.25) is 12.7 Å². The van der Waals surface area contributed by atoms with Gasteiger partial charge in [0.25, 0.3) is 0 Å². The van der Waals surface area contributed by atoms with Gasteiger partial charge in [-0.2, -0.15) is 0 Å². The Morgan fingerprint density at radius 3 is 3.00 bits per heavy atom. The van der Waals surface area contributed by atoms with Gasteiger partial charge in [-0.05, 0) is 17.7 Å². The minimum absolute atomic E-state index is 0.0487. The van der Waals surface area contributed by atoms with Crippen molar-refractivity contribution in [3.05, 3.63) is 23.8 Å². The van der Waals surface area contributed by atoms with Crippen LogP contribution in [0.2, 0.25) is 0 Å². The molecule has 1 aromatic rings. The summed E-state index contributed by atoms with van der Waals surface area (Å²) in [4.78, 5) is 11.4. The lowest BCUT2D eigenvalue weighted by molar-refractivity contribution is -0.120. The number of carbonyl (C=O) groups excluding carboxylic acids is 1. The zero-order valence-corrected chi connectivity index (χ0v) is 8.73. The number of carbonyl (C=O) groups is 1. The first-order valence-electron chi connectivity index (χ1n) is 5.05. The third kappa shape index (κ3) is 2.43. The van der Waals surface area contributed by atoms with Crippen molar-refractivity contribution < 1.29 is 19.4 Å². The Morgan fingerprint density at radius 1 is 1.38 bits per heavy atom. The second-order valence-electron chi connectivity index (χ2n) is 3.44. The molecule has 0 bridgehead atoms. The zero-order valence-electron chi connectivity index (χ0n) is 8.73. The first-order valence-corrected chi connectivity index (χ1v) is 5.05. The van der Waals surface area contributed by atoms with Gasteiger partial charge in [0, 0.05) is 6.54 Å². The molecular formula is C11H13NO4. The highest BCUT2D eigenvalue weighted by Gasteiger charge is 2.14. The summed E-state index contributed by atoms with van der Waals surface area (Å²) in [5, 5.41) is 11.1. The average molecular weight is 223 g/mol. The molecule has 0 saturated carbocycles. The summed E-state index contributed by atoms with van der Waals surface area (Å²) < 4.78 is 10.4. The SMILES string of the molecule is O=C(Cc1ccc2c(c1)OCO2)NCCO. The molecule has 1 aliphatic heterocycles. The normalized spacial score (nSPS) is 12.6. The molecule has 0 unspecified atom stereocenters. The molecule has 5 nitrogen and oxygen atoms in total. The van der Waals surface area contributed by atoms with E-state index in [1.54, 1.807) is 12.1 Å². The van der Waals surface area contributed by atoms with Crippen molar-refractivity contribution in [3.63, 3.8) is 0 Å². The monoisotopic (exact) mass is 223 g/mol. The quantitative estimate of drug-likeness (QED) is 0.757. The van der Waals surface area contributed by atoms with Gasteiger partial charge in [-0.3, -0.25) is 4.79 Å². The molecule has 0 saturated heterocycles. The fourth-order valence-corrected chi connectivity index (χ4v) is 1.49. The Morgan fingerprint density at radius 2 is 2.19 bits per heavy atom. The predicted molar refractivity (Wildman–Crippen MR) is 56.4 cm³/mol. The van der Waals surface area contributed by atoms with Crippen molar-refractivity contribution >= 4 is 5.91 Å². The maximum absolute atomic E-state index is 11.4. The summed E-state index contributed by atoms with van der Waals surface area (Å²) in [5.41, 5.74) is 0.861. The van der Waals surface area contributed by atoms with E-state index in [2.05, 4.69) is 5.32 Å². The number of aliphatic hydroxyl groups is 1. The summed E-state index contributed by atoms with van der Waals surface area (Å²) in [7, 11) is 0. The molecule has 86 valence electrons. The lowest BCUT2D eigenvalue weighted by atomic mass is 10.1. The van der Waals surface area contributed by atoms with E-state index in [-0.39, 0.29) is 32.3 Å². The van der Waals surface area contributed by atoms with Crippen molar-refractivity contribution in [3.8, 4) is 11.5 Å². The highest BCUT2D eigenvalue weighted by atomic mass is 16.7. The van der Waals surface area contributed by atoms with Crippen molar-refractivity contribution in [2.24, 2.45) is 0 Å². The lowest BCUT2D eigenvalue weighted by Crippen LogP contribution is -2.27. The van der Waals surface area contributed by atoms with Crippen LogP contribution in [0.15, 0.2) is 18.2 Å². The van der Waals surface area contributed by atoms with Crippen molar-refractivity contribution in [2.75, 3.05) is 19.9 Å². The molecule has 16 heavy (non-hydrogen) atoms. The van der Waals surface area contributed by atoms with E-state index in [1.807, 2.05) is 6.07 Å². The van der Waals surface area contributed by atoms with Gasteiger partial charge in [-0.1, -0.05) is 6.07 Å². The molecule has 1 amide bonds. The highest BCUT2D eigenvalue weighted by Crippen LogP contribution is 2.32. The van der Waals surface area contributed by atoms with Crippen LogP contribution in [0.4, 0.5) is 0 Å². The number of aliphatic hydroxyl groups excluding tert-OH is 1. The standard InChI is InChI=1S/C11H13NO4/c13-4-3-12-11(14)6-8-1-2-9-10(5-8)16-7-15-9/h1-2,5,13H,3-4,6-7H2,(H,12,14). The Kier molecular flexibility index (Phi) is 3.26. The molecule has 0 atom stereocenters. The van der Waals surface area contributed by atoms with Crippen LogP contribution >= 0.6 is 0 Å². The van der Waals surface area contributed by atoms with Gasteiger partial charge in [-0.15, -0.1) is 0 Å². The molecule has 0 aliphatic carbocycles. The van der Waals surface area contributed by atoms with E-state index in [1.165, 1.54) is 0 Å². The maximum Gasteiger partial charge on any atom is 0.231 e. The van der Waals surface area contributed by atoms with Gasteiger partial charge in [0.15, 0.2) is 11.5 Å². The topological polar surface area (TPSA) is 67.8 Å². The Bertz CT molecular complexity index is 392. The number of amides is 1. The second kappa shape index (κ2) is 4.85. The smallest absolute Gasteiger partial charge is 0.231 e. The fourth-order valence-electron chi connectivity index (χ4n) is 1.49. The van der Waals surface area contributed by atoms with Crippen LogP contribution < -0.4 is 14.8 Å². The Balaban J connectivity index is 1.97.